The van der Waals surface area contributed by atoms with Gasteiger partial charge in [-0.25, -0.2) is 0 Å². The quantitative estimate of drug-likeness (QED) is 0.645. The summed E-state index contributed by atoms with van der Waals surface area (Å²) in [5.41, 5.74) is 2.35. The molecule has 2 aromatic rings. The number of carbonyl (C=O) groups is 1. The Balaban J connectivity index is 1.51. The molecule has 0 bridgehead atoms. The third-order valence-electron chi connectivity index (χ3n) is 5.93. The van der Waals surface area contributed by atoms with Gasteiger partial charge in [0.25, 0.3) is 0 Å². The molecule has 150 valence electrons. The van der Waals surface area contributed by atoms with Gasteiger partial charge in [0.15, 0.2) is 0 Å². The van der Waals surface area contributed by atoms with Crippen molar-refractivity contribution >= 4 is 11.7 Å². The van der Waals surface area contributed by atoms with Crippen LogP contribution < -0.4 is 4.90 Å². The molecule has 1 heterocycles. The van der Waals surface area contributed by atoms with Gasteiger partial charge in [-0.1, -0.05) is 55.5 Å². The monoisotopic (exact) mass is 380 g/mol. The smallest absolute Gasteiger partial charge is 0.306 e. The van der Waals surface area contributed by atoms with E-state index in [0.717, 1.165) is 45.6 Å². The second kappa shape index (κ2) is 9.74. The summed E-state index contributed by atoms with van der Waals surface area (Å²) in [5, 5.41) is 0. The predicted octanol–water partition coefficient (Wildman–Crippen LogP) is 4.11. The van der Waals surface area contributed by atoms with E-state index in [0.29, 0.717) is 6.42 Å². The number of esters is 1. The van der Waals surface area contributed by atoms with Crippen LogP contribution in [0.4, 0.5) is 5.69 Å². The number of nitrogens with zero attached hydrogens (tertiary/aromatic N) is 2. The van der Waals surface area contributed by atoms with Crippen LogP contribution in [-0.4, -0.2) is 50.7 Å². The highest BCUT2D eigenvalue weighted by Crippen LogP contribution is 2.33. The van der Waals surface area contributed by atoms with Crippen molar-refractivity contribution in [3.05, 3.63) is 66.2 Å². The largest absolute Gasteiger partial charge is 0.469 e. The van der Waals surface area contributed by atoms with Crippen molar-refractivity contribution in [3.63, 3.8) is 0 Å². The number of rotatable bonds is 8. The Morgan fingerprint density at radius 1 is 0.964 bits per heavy atom. The van der Waals surface area contributed by atoms with Gasteiger partial charge in [0, 0.05) is 37.3 Å². The Morgan fingerprint density at radius 3 is 2.18 bits per heavy atom. The molecule has 0 aliphatic carbocycles. The molecule has 1 unspecified atom stereocenters. The standard InChI is InChI=1S/C24H32N2O2/c1-24(20-23(27)28-2,21-10-5-3-6-11-21)14-9-15-25-16-18-26(19-17-25)22-12-7-4-8-13-22/h3-8,10-13H,9,14-20H2,1-2H3. The number of anilines is 1. The number of carbonyl (C=O) groups excluding carboxylic acids is 1. The molecule has 0 N–H and O–H groups in total. The molecule has 0 amide bonds. The highest BCUT2D eigenvalue weighted by atomic mass is 16.5. The summed E-state index contributed by atoms with van der Waals surface area (Å²) in [7, 11) is 1.47. The zero-order valence-electron chi connectivity index (χ0n) is 17.1. The molecule has 1 aliphatic rings. The first-order valence-corrected chi connectivity index (χ1v) is 10.3. The van der Waals surface area contributed by atoms with Crippen molar-refractivity contribution in [2.24, 2.45) is 0 Å². The fraction of sp³-hybridized carbons (Fsp3) is 0.458. The lowest BCUT2D eigenvalue weighted by atomic mass is 9.76. The maximum absolute atomic E-state index is 12.0. The summed E-state index contributed by atoms with van der Waals surface area (Å²) in [4.78, 5) is 17.0. The minimum absolute atomic E-state index is 0.136. The lowest BCUT2D eigenvalue weighted by Gasteiger charge is -2.37. The number of hydrogen-bond acceptors (Lipinski definition) is 4. The first-order chi connectivity index (χ1) is 13.6. The molecule has 1 aliphatic heterocycles. The van der Waals surface area contributed by atoms with Crippen LogP contribution in [0.3, 0.4) is 0 Å². The first-order valence-electron chi connectivity index (χ1n) is 10.3. The summed E-state index contributed by atoms with van der Waals surface area (Å²) in [6.45, 7) is 7.59. The van der Waals surface area contributed by atoms with Gasteiger partial charge in [-0.3, -0.25) is 9.69 Å². The van der Waals surface area contributed by atoms with Crippen LogP contribution in [0.1, 0.15) is 31.7 Å². The van der Waals surface area contributed by atoms with Crippen molar-refractivity contribution in [1.29, 1.82) is 0 Å². The van der Waals surface area contributed by atoms with Crippen molar-refractivity contribution in [1.82, 2.24) is 4.90 Å². The van der Waals surface area contributed by atoms with Crippen molar-refractivity contribution in [2.45, 2.75) is 31.6 Å². The van der Waals surface area contributed by atoms with Crippen LogP contribution in [0.2, 0.25) is 0 Å². The van der Waals surface area contributed by atoms with Gasteiger partial charge in [-0.05, 0) is 37.1 Å². The minimum Gasteiger partial charge on any atom is -0.469 e. The Labute approximate surface area is 169 Å². The fourth-order valence-electron chi connectivity index (χ4n) is 4.13. The van der Waals surface area contributed by atoms with E-state index in [1.807, 2.05) is 18.2 Å². The van der Waals surface area contributed by atoms with E-state index in [-0.39, 0.29) is 11.4 Å². The highest BCUT2D eigenvalue weighted by Gasteiger charge is 2.30. The Bertz CT molecular complexity index is 727. The number of hydrogen-bond donors (Lipinski definition) is 0. The second-order valence-corrected chi connectivity index (χ2v) is 7.95. The topological polar surface area (TPSA) is 32.8 Å². The molecule has 0 saturated carbocycles. The van der Waals surface area contributed by atoms with E-state index in [2.05, 4.69) is 59.2 Å². The number of para-hydroxylation sites is 1. The molecule has 3 rings (SSSR count). The minimum atomic E-state index is -0.180. The highest BCUT2D eigenvalue weighted by molar-refractivity contribution is 5.71. The third-order valence-corrected chi connectivity index (χ3v) is 5.93. The fourth-order valence-corrected chi connectivity index (χ4v) is 4.13. The molecule has 1 saturated heterocycles. The number of methoxy groups -OCH3 is 1. The van der Waals surface area contributed by atoms with Crippen LogP contribution in [0, 0.1) is 0 Å². The van der Waals surface area contributed by atoms with Crippen LogP contribution in [-0.2, 0) is 14.9 Å². The van der Waals surface area contributed by atoms with Gasteiger partial charge in [-0.15, -0.1) is 0 Å². The lowest BCUT2D eigenvalue weighted by molar-refractivity contribution is -0.142. The summed E-state index contributed by atoms with van der Waals surface area (Å²) in [6.07, 6.45) is 2.48. The molecular formula is C24H32N2O2. The van der Waals surface area contributed by atoms with Gasteiger partial charge in [-0.2, -0.15) is 0 Å². The average Bonchev–Trinajstić information content (AvgIpc) is 2.75. The predicted molar refractivity (Wildman–Crippen MR) is 115 cm³/mol. The zero-order valence-corrected chi connectivity index (χ0v) is 17.1. The van der Waals surface area contributed by atoms with Crippen LogP contribution in [0.15, 0.2) is 60.7 Å². The van der Waals surface area contributed by atoms with Gasteiger partial charge >= 0.3 is 5.97 Å². The molecule has 1 atom stereocenters. The molecule has 4 heteroatoms. The van der Waals surface area contributed by atoms with E-state index in [9.17, 15) is 4.79 Å². The van der Waals surface area contributed by atoms with Gasteiger partial charge < -0.3 is 9.64 Å². The molecule has 0 radical (unpaired) electrons. The van der Waals surface area contributed by atoms with E-state index in [1.54, 1.807) is 0 Å². The Kier molecular flexibility index (Phi) is 7.10. The first kappa shape index (κ1) is 20.4. The molecular weight excluding hydrogens is 348 g/mol. The third kappa shape index (κ3) is 5.35. The average molecular weight is 381 g/mol. The normalized spacial score (nSPS) is 17.1. The van der Waals surface area contributed by atoms with E-state index >= 15 is 0 Å². The number of benzene rings is 2. The maximum Gasteiger partial charge on any atom is 0.306 e. The number of ether oxygens (including phenoxy) is 1. The molecule has 2 aromatic carbocycles. The summed E-state index contributed by atoms with van der Waals surface area (Å²) in [5.74, 6) is -0.136. The van der Waals surface area contributed by atoms with Crippen LogP contribution in [0.5, 0.6) is 0 Å². The molecule has 0 spiro atoms. The number of piperazine rings is 1. The van der Waals surface area contributed by atoms with Gasteiger partial charge in [0.2, 0.25) is 0 Å². The molecule has 1 fully saturated rings. The van der Waals surface area contributed by atoms with Crippen molar-refractivity contribution < 1.29 is 9.53 Å². The summed E-state index contributed by atoms with van der Waals surface area (Å²) in [6, 6.07) is 21.0. The maximum atomic E-state index is 12.0. The summed E-state index contributed by atoms with van der Waals surface area (Å²) < 4.78 is 4.96. The molecule has 28 heavy (non-hydrogen) atoms. The van der Waals surface area contributed by atoms with Crippen molar-refractivity contribution in [3.8, 4) is 0 Å². The van der Waals surface area contributed by atoms with E-state index in [4.69, 9.17) is 4.74 Å². The Morgan fingerprint density at radius 2 is 1.57 bits per heavy atom. The SMILES string of the molecule is COC(=O)CC(C)(CCCN1CCN(c2ccccc2)CC1)c1ccccc1. The van der Waals surface area contributed by atoms with Crippen LogP contribution in [0.25, 0.3) is 0 Å². The Hall–Kier alpha value is -2.33. The van der Waals surface area contributed by atoms with E-state index in [1.165, 1.54) is 18.4 Å². The molecule has 4 nitrogen and oxygen atoms in total. The zero-order chi connectivity index (χ0) is 19.8. The molecule has 0 aromatic heterocycles. The van der Waals surface area contributed by atoms with Crippen LogP contribution >= 0.6 is 0 Å². The van der Waals surface area contributed by atoms with Gasteiger partial charge in [0.1, 0.15) is 0 Å². The van der Waals surface area contributed by atoms with E-state index < -0.39 is 0 Å². The second-order valence-electron chi connectivity index (χ2n) is 7.95. The van der Waals surface area contributed by atoms with Crippen molar-refractivity contribution in [2.75, 3.05) is 44.7 Å². The lowest BCUT2D eigenvalue weighted by Crippen LogP contribution is -2.46. The van der Waals surface area contributed by atoms with Gasteiger partial charge in [0.05, 0.1) is 13.5 Å². The summed E-state index contributed by atoms with van der Waals surface area (Å²) >= 11 is 0.